The molecule has 0 aromatic heterocycles. The van der Waals surface area contributed by atoms with Gasteiger partial charge in [-0.1, -0.05) is 24.6 Å². The van der Waals surface area contributed by atoms with E-state index < -0.39 is 10.0 Å². The fourth-order valence-corrected chi connectivity index (χ4v) is 4.16. The third-order valence-corrected chi connectivity index (χ3v) is 5.10. The third kappa shape index (κ3) is 4.03. The predicted molar refractivity (Wildman–Crippen MR) is 81.5 cm³/mol. The second-order valence-electron chi connectivity index (χ2n) is 5.66. The van der Waals surface area contributed by atoms with Crippen molar-refractivity contribution in [2.45, 2.75) is 50.9 Å². The average Bonchev–Trinajstić information content (AvgIpc) is 2.43. The zero-order valence-corrected chi connectivity index (χ0v) is 13.2. The van der Waals surface area contributed by atoms with Crippen molar-refractivity contribution in [2.75, 3.05) is 0 Å². The van der Waals surface area contributed by atoms with Gasteiger partial charge in [0.1, 0.15) is 0 Å². The topological polar surface area (TPSA) is 73.2 Å². The van der Waals surface area contributed by atoms with E-state index in [9.17, 15) is 8.42 Å². The Kier molecular flexibility index (Phi) is 4.99. The second kappa shape index (κ2) is 6.56. The quantitative estimate of drug-likeness (QED) is 0.925. The first kappa shape index (κ1) is 16.0. The van der Waals surface area contributed by atoms with Crippen molar-refractivity contribution in [3.05, 3.63) is 35.4 Å². The van der Waals surface area contributed by atoms with Gasteiger partial charge in [0.25, 0.3) is 0 Å². The lowest BCUT2D eigenvalue weighted by Gasteiger charge is -2.38. The fraction of sp³-hybridized carbons (Fsp3) is 0.533. The Labute approximate surface area is 126 Å². The minimum absolute atomic E-state index is 0.174. The first-order valence-electron chi connectivity index (χ1n) is 7.19. The highest BCUT2D eigenvalue weighted by atomic mass is 32.2. The van der Waals surface area contributed by atoms with Crippen LogP contribution in [0.5, 0.6) is 0 Å². The van der Waals surface area contributed by atoms with Gasteiger partial charge in [-0.05, 0) is 38.3 Å². The highest BCUT2D eigenvalue weighted by Crippen LogP contribution is 2.21. The molecule has 5 nitrogen and oxygen atoms in total. The van der Waals surface area contributed by atoms with Gasteiger partial charge in [-0.15, -0.1) is 4.83 Å². The van der Waals surface area contributed by atoms with Gasteiger partial charge in [0.2, 0.25) is 10.0 Å². The number of hydrogen-bond donors (Lipinski definition) is 1. The fourth-order valence-electron chi connectivity index (χ4n) is 2.75. The maximum atomic E-state index is 12.4. The largest absolute Gasteiger partial charge is 0.228 e. The number of benzene rings is 1. The molecule has 6 heteroatoms. The molecular formula is C15H21N3O2S. The monoisotopic (exact) mass is 307 g/mol. The van der Waals surface area contributed by atoms with Crippen LogP contribution in [0.25, 0.3) is 0 Å². The lowest BCUT2D eigenvalue weighted by molar-refractivity contribution is 0.0790. The molecule has 0 bridgehead atoms. The summed E-state index contributed by atoms with van der Waals surface area (Å²) in [6.45, 7) is 4.06. The van der Waals surface area contributed by atoms with E-state index >= 15 is 0 Å². The Morgan fingerprint density at radius 3 is 2.52 bits per heavy atom. The van der Waals surface area contributed by atoms with Gasteiger partial charge >= 0.3 is 0 Å². The van der Waals surface area contributed by atoms with Crippen molar-refractivity contribution in [1.82, 2.24) is 9.84 Å². The summed E-state index contributed by atoms with van der Waals surface area (Å²) in [5.74, 6) is -0.174. The van der Waals surface area contributed by atoms with Crippen LogP contribution in [0, 0.1) is 11.3 Å². The molecule has 0 amide bonds. The summed E-state index contributed by atoms with van der Waals surface area (Å²) >= 11 is 0. The minimum Gasteiger partial charge on any atom is -0.225 e. The van der Waals surface area contributed by atoms with E-state index in [1.807, 2.05) is 24.9 Å². The first-order valence-corrected chi connectivity index (χ1v) is 8.84. The first-order chi connectivity index (χ1) is 9.93. The summed E-state index contributed by atoms with van der Waals surface area (Å²) in [4.78, 5) is 2.69. The maximum absolute atomic E-state index is 12.4. The maximum Gasteiger partial charge on any atom is 0.228 e. The van der Waals surface area contributed by atoms with Crippen molar-refractivity contribution in [3.63, 3.8) is 0 Å². The minimum atomic E-state index is -3.51. The molecule has 1 heterocycles. The van der Waals surface area contributed by atoms with Gasteiger partial charge < -0.3 is 0 Å². The zero-order chi connectivity index (χ0) is 15.5. The van der Waals surface area contributed by atoms with Gasteiger partial charge in [0.05, 0.1) is 17.4 Å². The average molecular weight is 307 g/mol. The summed E-state index contributed by atoms with van der Waals surface area (Å²) in [7, 11) is -3.51. The lowest BCUT2D eigenvalue weighted by atomic mass is 10.0. The molecule has 1 aliphatic rings. The Bertz CT molecular complexity index is 627. The van der Waals surface area contributed by atoms with Crippen molar-refractivity contribution in [1.29, 1.82) is 5.26 Å². The Balaban J connectivity index is 2.14. The predicted octanol–water partition coefficient (Wildman–Crippen LogP) is 2.16. The summed E-state index contributed by atoms with van der Waals surface area (Å²) in [6, 6.07) is 9.21. The molecule has 1 N–H and O–H groups in total. The zero-order valence-electron chi connectivity index (χ0n) is 12.4. The molecule has 0 saturated carbocycles. The highest BCUT2D eigenvalue weighted by Gasteiger charge is 2.28. The summed E-state index contributed by atoms with van der Waals surface area (Å²) in [6.07, 6.45) is 3.10. The molecule has 114 valence electrons. The van der Waals surface area contributed by atoms with E-state index in [0.29, 0.717) is 11.1 Å². The van der Waals surface area contributed by atoms with Gasteiger partial charge in [-0.3, -0.25) is 0 Å². The summed E-state index contributed by atoms with van der Waals surface area (Å²) < 4.78 is 24.7. The number of hydrazine groups is 1. The van der Waals surface area contributed by atoms with Crippen molar-refractivity contribution < 1.29 is 8.42 Å². The number of sulfonamides is 1. The third-order valence-electron chi connectivity index (χ3n) is 3.92. The lowest BCUT2D eigenvalue weighted by Crippen LogP contribution is -2.54. The Hall–Kier alpha value is -1.42. The van der Waals surface area contributed by atoms with Gasteiger partial charge in [-0.25, -0.2) is 13.4 Å². The number of rotatable bonds is 4. The van der Waals surface area contributed by atoms with Crippen LogP contribution in [0.2, 0.25) is 0 Å². The number of hydrogen-bond acceptors (Lipinski definition) is 4. The molecule has 2 unspecified atom stereocenters. The smallest absolute Gasteiger partial charge is 0.225 e. The summed E-state index contributed by atoms with van der Waals surface area (Å²) in [5.41, 5.74) is 0.937. The standard InChI is InChI=1S/C15H21N3O2S/c1-12-6-5-7-13(2)18(12)17-21(19,20)11-15-9-4-3-8-14(15)10-16/h3-4,8-9,12-13,17H,5-7,11H2,1-2H3. The number of nitrogens with one attached hydrogen (secondary N) is 1. The molecular weight excluding hydrogens is 286 g/mol. The van der Waals surface area contributed by atoms with Crippen molar-refractivity contribution >= 4 is 10.0 Å². The van der Waals surface area contributed by atoms with E-state index in [2.05, 4.69) is 4.83 Å². The molecule has 1 aromatic carbocycles. The number of nitrogens with zero attached hydrogens (tertiary/aromatic N) is 2. The Morgan fingerprint density at radius 1 is 1.29 bits per heavy atom. The molecule has 1 saturated heterocycles. The van der Waals surface area contributed by atoms with Gasteiger partial charge in [0.15, 0.2) is 0 Å². The molecule has 1 fully saturated rings. The number of piperidine rings is 1. The summed E-state index contributed by atoms with van der Waals surface area (Å²) in [5, 5.41) is 10.9. The van der Waals surface area contributed by atoms with Crippen LogP contribution >= 0.6 is 0 Å². The van der Waals surface area contributed by atoms with E-state index in [0.717, 1.165) is 19.3 Å². The molecule has 2 atom stereocenters. The van der Waals surface area contributed by atoms with Crippen LogP contribution in [0.1, 0.15) is 44.2 Å². The SMILES string of the molecule is CC1CCCC(C)N1NS(=O)(=O)Cc1ccccc1C#N. The van der Waals surface area contributed by atoms with Crippen LogP contribution in [-0.2, 0) is 15.8 Å². The van der Waals surface area contributed by atoms with E-state index in [1.54, 1.807) is 24.3 Å². The van der Waals surface area contributed by atoms with Crippen LogP contribution in [-0.4, -0.2) is 25.5 Å². The molecule has 0 spiro atoms. The van der Waals surface area contributed by atoms with E-state index in [-0.39, 0.29) is 17.8 Å². The normalized spacial score (nSPS) is 23.7. The molecule has 1 aliphatic heterocycles. The van der Waals surface area contributed by atoms with E-state index in [1.165, 1.54) is 0 Å². The molecule has 1 aromatic rings. The van der Waals surface area contributed by atoms with Gasteiger partial charge in [-0.2, -0.15) is 5.26 Å². The van der Waals surface area contributed by atoms with E-state index in [4.69, 9.17) is 5.26 Å². The van der Waals surface area contributed by atoms with Crippen molar-refractivity contribution in [2.24, 2.45) is 0 Å². The second-order valence-corrected chi connectivity index (χ2v) is 7.36. The molecule has 0 aliphatic carbocycles. The van der Waals surface area contributed by atoms with Crippen LogP contribution < -0.4 is 4.83 Å². The van der Waals surface area contributed by atoms with Crippen molar-refractivity contribution in [3.8, 4) is 6.07 Å². The van der Waals surface area contributed by atoms with Gasteiger partial charge in [0, 0.05) is 12.1 Å². The molecule has 0 radical (unpaired) electrons. The Morgan fingerprint density at radius 2 is 1.90 bits per heavy atom. The highest BCUT2D eigenvalue weighted by molar-refractivity contribution is 7.88. The molecule has 2 rings (SSSR count). The number of nitriles is 1. The van der Waals surface area contributed by atoms with Crippen LogP contribution in [0.3, 0.4) is 0 Å². The molecule has 21 heavy (non-hydrogen) atoms. The van der Waals surface area contributed by atoms with Crippen LogP contribution in [0.15, 0.2) is 24.3 Å². The van der Waals surface area contributed by atoms with Crippen LogP contribution in [0.4, 0.5) is 0 Å².